The molecule has 2 aromatic heterocycles. The monoisotopic (exact) mass is 1060 g/mol. The minimum absolute atomic E-state index is 0.00135. The van der Waals surface area contributed by atoms with Gasteiger partial charge >= 0.3 is 19.4 Å². The summed E-state index contributed by atoms with van der Waals surface area (Å²) in [5.41, 5.74) is 0.513. The molecule has 4 N–H and O–H groups in total. The van der Waals surface area contributed by atoms with Crippen molar-refractivity contribution in [1.82, 2.24) is 24.9 Å². The number of hydrogen-bond donors (Lipinski definition) is 4. The molecule has 0 fully saturated rings. The van der Waals surface area contributed by atoms with Crippen LogP contribution in [0.15, 0.2) is 93.2 Å². The second-order valence-corrected chi connectivity index (χ2v) is 17.8. The number of aromatic nitrogens is 3. The Balaban J connectivity index is 0.924. The third-order valence-corrected chi connectivity index (χ3v) is 11.9. The molecule has 0 saturated heterocycles. The molecule has 3 unspecified atom stereocenters. The molecule has 4 atom stereocenters. The minimum Gasteiger partial charge on any atom is -0.497 e. The molecule has 2 aromatic carbocycles. The number of anilines is 1. The van der Waals surface area contributed by atoms with E-state index >= 15 is 0 Å². The number of H-pyrrole nitrogens is 1. The Hall–Kier alpha value is -5.44. The van der Waals surface area contributed by atoms with Crippen molar-refractivity contribution >= 4 is 52.8 Å². The summed E-state index contributed by atoms with van der Waals surface area (Å²) < 4.78 is 71.5. The van der Waals surface area contributed by atoms with Crippen molar-refractivity contribution < 1.29 is 56.3 Å². The maximum absolute atomic E-state index is 13.7. The zero-order valence-electron chi connectivity index (χ0n) is 38.6. The predicted molar refractivity (Wildman–Crippen MR) is 263 cm³/mol. The molecule has 1 aliphatic rings. The molecule has 372 valence electrons. The van der Waals surface area contributed by atoms with E-state index in [1.54, 1.807) is 49.7 Å². The number of benzene rings is 2. The van der Waals surface area contributed by atoms with Gasteiger partial charge in [0, 0.05) is 23.4 Å². The number of aryl methyl sites for hydroxylation is 1. The smallest absolute Gasteiger partial charge is 0.459 e. The molecule has 23 heteroatoms. The average Bonchev–Trinajstić information content (AvgIpc) is 3.81. The highest BCUT2D eigenvalue weighted by molar-refractivity contribution is 9.10. The van der Waals surface area contributed by atoms with Crippen LogP contribution in [0.5, 0.6) is 17.2 Å². The fourth-order valence-electron chi connectivity index (χ4n) is 6.04. The highest BCUT2D eigenvalue weighted by Crippen LogP contribution is 2.45. The van der Waals surface area contributed by atoms with Gasteiger partial charge in [0.15, 0.2) is 11.3 Å². The summed E-state index contributed by atoms with van der Waals surface area (Å²) in [6.45, 7) is 6.38. The van der Waals surface area contributed by atoms with E-state index in [1.807, 2.05) is 37.3 Å². The lowest BCUT2D eigenvalue weighted by Crippen LogP contribution is -2.35. The van der Waals surface area contributed by atoms with Gasteiger partial charge in [-0.1, -0.05) is 35.6 Å². The Morgan fingerprint density at radius 3 is 2.33 bits per heavy atom. The van der Waals surface area contributed by atoms with Crippen molar-refractivity contribution in [2.45, 2.75) is 38.6 Å². The van der Waals surface area contributed by atoms with E-state index in [9.17, 15) is 18.9 Å². The number of nitrogens with one attached hydrogen (secondary N) is 4. The first-order chi connectivity index (χ1) is 33.3. The number of carbonyl (C=O) groups excluding carboxylic acids is 1. The molecule has 4 aromatic rings. The lowest BCUT2D eigenvalue weighted by molar-refractivity contribution is -0.142. The van der Waals surface area contributed by atoms with Gasteiger partial charge in [-0.2, -0.15) is 5.09 Å². The van der Waals surface area contributed by atoms with E-state index in [-0.39, 0.29) is 31.1 Å². The molecular formula is C46H56BrN6O14PS. The van der Waals surface area contributed by atoms with Gasteiger partial charge in [-0.05, 0) is 103 Å². The first kappa shape index (κ1) is 54.5. The number of aromatic amines is 1. The van der Waals surface area contributed by atoms with Crippen molar-refractivity contribution in [3.63, 3.8) is 0 Å². The summed E-state index contributed by atoms with van der Waals surface area (Å²) in [6.07, 6.45) is 5.06. The lowest BCUT2D eigenvalue weighted by atomic mass is 10.1. The summed E-state index contributed by atoms with van der Waals surface area (Å²) in [5, 5.41) is 9.29. The highest BCUT2D eigenvalue weighted by Gasteiger charge is 2.34. The Kier molecular flexibility index (Phi) is 22.8. The van der Waals surface area contributed by atoms with Crippen LogP contribution in [-0.4, -0.2) is 125 Å². The summed E-state index contributed by atoms with van der Waals surface area (Å²) in [4.78, 5) is 43.8. The highest BCUT2D eigenvalue weighted by atomic mass is 79.9. The van der Waals surface area contributed by atoms with E-state index in [4.69, 9.17) is 59.2 Å². The zero-order valence-corrected chi connectivity index (χ0v) is 41.9. The SMILES string of the molecule is COC(=O)[C@H](C)NP(=O)(OCC1C=CC(n2cc(C#CCOCCOCCOCCOCCOc3ccc(OC)cc3CCNC(=S)Nc3ccc(Br)cn3)c(=O)[nH]c2=O)O1)Oc1ccc(C)cc1. The Morgan fingerprint density at radius 1 is 0.957 bits per heavy atom. The first-order valence-corrected chi connectivity index (χ1v) is 24.4. The van der Waals surface area contributed by atoms with Crippen molar-refractivity contribution in [2.24, 2.45) is 0 Å². The van der Waals surface area contributed by atoms with Gasteiger partial charge < -0.3 is 53.1 Å². The zero-order chi connectivity index (χ0) is 49.4. The second-order valence-electron chi connectivity index (χ2n) is 14.7. The molecule has 1 aliphatic heterocycles. The average molecular weight is 1060 g/mol. The van der Waals surface area contributed by atoms with Crippen molar-refractivity contribution in [2.75, 3.05) is 92.1 Å². The molecule has 0 aliphatic carbocycles. The van der Waals surface area contributed by atoms with Crippen molar-refractivity contribution in [1.29, 1.82) is 0 Å². The Morgan fingerprint density at radius 2 is 1.65 bits per heavy atom. The quantitative estimate of drug-likeness (QED) is 0.0149. The standard InChI is InChI=1S/C46H56BrN6O14PS/c1-32-7-10-37(11-8-32)67-68(57,52-33(2)44(55)59-4)65-31-39-13-16-42(66-39)53-30-35(43(54)51-46(53)56)6-5-19-60-20-21-61-22-23-62-24-25-63-26-27-64-40-14-12-38(58-3)28-34(40)17-18-48-45(69)50-41-15-9-36(47)29-49-41/h7-16,28-30,33,39,42H,17-27,31H2,1-4H3,(H,52,57)(H,51,54,56)(H2,48,49,50,69)/t33-,39?,42?,68?/m0/s1. The summed E-state index contributed by atoms with van der Waals surface area (Å²) in [6, 6.07) is 15.1. The molecule has 0 bridgehead atoms. The van der Waals surface area contributed by atoms with Crippen molar-refractivity contribution in [3.8, 4) is 29.1 Å². The van der Waals surface area contributed by atoms with Gasteiger partial charge in [0.25, 0.3) is 5.56 Å². The third-order valence-electron chi connectivity index (χ3n) is 9.52. The van der Waals surface area contributed by atoms with Crippen LogP contribution in [0.3, 0.4) is 0 Å². The van der Waals surface area contributed by atoms with Gasteiger partial charge in [-0.25, -0.2) is 14.3 Å². The van der Waals surface area contributed by atoms with Crippen LogP contribution in [0.2, 0.25) is 0 Å². The molecule has 69 heavy (non-hydrogen) atoms. The van der Waals surface area contributed by atoms with Crippen LogP contribution in [-0.2, 0) is 48.7 Å². The number of methoxy groups -OCH3 is 2. The normalized spacial score (nSPS) is 15.3. The van der Waals surface area contributed by atoms with Gasteiger partial charge in [0.2, 0.25) is 0 Å². The number of halogens is 1. The number of hydrogen-bond acceptors (Lipinski definition) is 16. The van der Waals surface area contributed by atoms with Crippen LogP contribution in [0.25, 0.3) is 0 Å². The molecular weight excluding hydrogens is 1000 g/mol. The summed E-state index contributed by atoms with van der Waals surface area (Å²) in [7, 11) is -1.32. The maximum atomic E-state index is 13.7. The summed E-state index contributed by atoms with van der Waals surface area (Å²) in [5.74, 6) is 7.14. The van der Waals surface area contributed by atoms with Crippen LogP contribution in [0.4, 0.5) is 5.82 Å². The predicted octanol–water partition coefficient (Wildman–Crippen LogP) is 4.85. The second kappa shape index (κ2) is 28.9. The number of esters is 1. The molecule has 0 amide bonds. The number of ether oxygens (including phenoxy) is 8. The van der Waals surface area contributed by atoms with E-state index in [0.717, 1.165) is 31.7 Å². The Labute approximate surface area is 413 Å². The number of pyridine rings is 1. The van der Waals surface area contributed by atoms with Crippen LogP contribution in [0, 0.1) is 18.8 Å². The fraction of sp³-hybridized carbons (Fsp3) is 0.413. The molecule has 3 heterocycles. The van der Waals surface area contributed by atoms with Gasteiger partial charge in [-0.15, -0.1) is 0 Å². The first-order valence-electron chi connectivity index (χ1n) is 21.7. The number of rotatable bonds is 28. The third kappa shape index (κ3) is 19.1. The summed E-state index contributed by atoms with van der Waals surface area (Å²) >= 11 is 8.77. The molecule has 20 nitrogen and oxygen atoms in total. The maximum Gasteiger partial charge on any atom is 0.459 e. The van der Waals surface area contributed by atoms with Gasteiger partial charge in [-0.3, -0.25) is 23.7 Å². The molecule has 0 radical (unpaired) electrons. The number of thiocarbonyl (C=S) groups is 1. The molecule has 5 rings (SSSR count). The van der Waals surface area contributed by atoms with E-state index in [2.05, 4.69) is 53.5 Å². The minimum atomic E-state index is -4.14. The van der Waals surface area contributed by atoms with Crippen LogP contribution < -0.4 is 41.0 Å². The van der Waals surface area contributed by atoms with Crippen molar-refractivity contribution in [3.05, 3.63) is 121 Å². The Bertz CT molecular complexity index is 2540. The van der Waals surface area contributed by atoms with Crippen LogP contribution in [0.1, 0.15) is 29.8 Å². The van der Waals surface area contributed by atoms with E-state index in [1.165, 1.54) is 20.2 Å². The largest absolute Gasteiger partial charge is 0.497 e. The topological polar surface area (TPSA) is 230 Å². The van der Waals surface area contributed by atoms with Crippen LogP contribution >= 0.6 is 35.9 Å². The number of nitrogens with zero attached hydrogens (tertiary/aromatic N) is 2. The molecule has 0 spiro atoms. The fourth-order valence-corrected chi connectivity index (χ4v) is 7.98. The number of carbonyl (C=O) groups is 1. The molecule has 0 saturated carbocycles. The van der Waals surface area contributed by atoms with Gasteiger partial charge in [0.05, 0.1) is 67.1 Å². The van der Waals surface area contributed by atoms with E-state index in [0.29, 0.717) is 70.1 Å². The van der Waals surface area contributed by atoms with E-state index < -0.39 is 43.3 Å². The lowest BCUT2D eigenvalue weighted by Gasteiger charge is -2.24. The van der Waals surface area contributed by atoms with Gasteiger partial charge in [0.1, 0.15) is 54.0 Å².